The van der Waals surface area contributed by atoms with Gasteiger partial charge in [0.2, 0.25) is 0 Å². The summed E-state index contributed by atoms with van der Waals surface area (Å²) in [5.41, 5.74) is 1.70. The van der Waals surface area contributed by atoms with E-state index < -0.39 is 5.82 Å². The molecule has 5 nitrogen and oxygen atoms in total. The van der Waals surface area contributed by atoms with Gasteiger partial charge < -0.3 is 15.0 Å². The molecule has 0 aliphatic rings. The number of likely N-dealkylation sites (N-methyl/N-ethyl adjacent to an activating group) is 1. The van der Waals surface area contributed by atoms with Crippen LogP contribution in [0.15, 0.2) is 47.3 Å². The summed E-state index contributed by atoms with van der Waals surface area (Å²) in [4.78, 5) is 15.0. The fraction of sp³-hybridized carbons (Fsp3) is 0.235. The van der Waals surface area contributed by atoms with E-state index in [0.717, 1.165) is 5.56 Å². The predicted octanol–water partition coefficient (Wildman–Crippen LogP) is 2.12. The lowest BCUT2D eigenvalue weighted by Crippen LogP contribution is -2.17. The van der Waals surface area contributed by atoms with Crippen LogP contribution in [0.25, 0.3) is 11.0 Å². The monoisotopic (exact) mass is 315 g/mol. The highest BCUT2D eigenvalue weighted by Crippen LogP contribution is 2.25. The van der Waals surface area contributed by atoms with Crippen molar-refractivity contribution in [2.75, 3.05) is 20.2 Å². The van der Waals surface area contributed by atoms with E-state index in [4.69, 9.17) is 4.74 Å². The van der Waals surface area contributed by atoms with Crippen molar-refractivity contribution in [1.82, 2.24) is 14.9 Å². The van der Waals surface area contributed by atoms with Crippen LogP contribution in [0.3, 0.4) is 0 Å². The Balaban J connectivity index is 2.02. The first-order chi connectivity index (χ1) is 11.2. The Kier molecular flexibility index (Phi) is 4.43. The molecule has 0 fully saturated rings. The molecule has 3 rings (SSSR count). The minimum absolute atomic E-state index is 0.284. The highest BCUT2D eigenvalue weighted by atomic mass is 19.1. The van der Waals surface area contributed by atoms with Gasteiger partial charge in [0.1, 0.15) is 23.7 Å². The first kappa shape index (κ1) is 15.3. The lowest BCUT2D eigenvalue weighted by Gasteiger charge is -2.08. The molecule has 2 N–H and O–H groups in total. The number of ether oxygens (including phenoxy) is 1. The van der Waals surface area contributed by atoms with Crippen molar-refractivity contribution in [2.45, 2.75) is 6.54 Å². The van der Waals surface area contributed by atoms with Gasteiger partial charge in [0.15, 0.2) is 0 Å². The molecular weight excluding hydrogens is 297 g/mol. The van der Waals surface area contributed by atoms with E-state index in [9.17, 15) is 9.18 Å². The number of fused-ring (bicyclic) bond motifs is 1. The predicted molar refractivity (Wildman–Crippen MR) is 87.5 cm³/mol. The number of H-pyrrole nitrogens is 1. The van der Waals surface area contributed by atoms with Crippen LogP contribution in [0.5, 0.6) is 5.75 Å². The molecule has 23 heavy (non-hydrogen) atoms. The van der Waals surface area contributed by atoms with Gasteiger partial charge >= 0.3 is 5.69 Å². The second kappa shape index (κ2) is 6.66. The van der Waals surface area contributed by atoms with Crippen LogP contribution in [0, 0.1) is 5.82 Å². The van der Waals surface area contributed by atoms with Crippen LogP contribution in [-0.2, 0) is 6.54 Å². The number of hydrogen-bond donors (Lipinski definition) is 2. The number of hydrogen-bond acceptors (Lipinski definition) is 3. The number of benzene rings is 2. The highest BCUT2D eigenvalue weighted by Gasteiger charge is 2.14. The topological polar surface area (TPSA) is 59.0 Å². The van der Waals surface area contributed by atoms with E-state index in [0.29, 0.717) is 36.5 Å². The maximum Gasteiger partial charge on any atom is 0.326 e. The first-order valence-electron chi connectivity index (χ1n) is 7.42. The standard InChI is InChI=1S/C17H18FN3O2/c1-19-7-8-23-15-10-13(18)9-14-16(15)20-17(22)21(14)11-12-5-3-2-4-6-12/h2-6,9-10,19H,7-8,11H2,1H3,(H,20,22). The second-order valence-corrected chi connectivity index (χ2v) is 5.25. The number of nitrogens with one attached hydrogen (secondary N) is 2. The van der Waals surface area contributed by atoms with Crippen LogP contribution in [0.1, 0.15) is 5.56 Å². The smallest absolute Gasteiger partial charge is 0.326 e. The molecule has 0 spiro atoms. The van der Waals surface area contributed by atoms with Gasteiger partial charge in [0, 0.05) is 18.7 Å². The summed E-state index contributed by atoms with van der Waals surface area (Å²) in [6.07, 6.45) is 0. The second-order valence-electron chi connectivity index (χ2n) is 5.25. The highest BCUT2D eigenvalue weighted by molar-refractivity contribution is 5.82. The number of rotatable bonds is 6. The molecule has 3 aromatic rings. The summed E-state index contributed by atoms with van der Waals surface area (Å²) in [6, 6.07) is 12.2. The van der Waals surface area contributed by atoms with Gasteiger partial charge in [0.05, 0.1) is 12.1 Å². The quantitative estimate of drug-likeness (QED) is 0.685. The third-order valence-corrected chi connectivity index (χ3v) is 3.61. The van der Waals surface area contributed by atoms with Gasteiger partial charge in [0.25, 0.3) is 0 Å². The van der Waals surface area contributed by atoms with Gasteiger partial charge in [-0.15, -0.1) is 0 Å². The van der Waals surface area contributed by atoms with Crippen LogP contribution >= 0.6 is 0 Å². The zero-order valence-corrected chi connectivity index (χ0v) is 12.8. The van der Waals surface area contributed by atoms with E-state index in [1.807, 2.05) is 37.4 Å². The van der Waals surface area contributed by atoms with E-state index in [-0.39, 0.29) is 5.69 Å². The third-order valence-electron chi connectivity index (χ3n) is 3.61. The Bertz CT molecular complexity index is 855. The largest absolute Gasteiger partial charge is 0.490 e. The molecule has 6 heteroatoms. The number of imidazole rings is 1. The van der Waals surface area contributed by atoms with Crippen LogP contribution < -0.4 is 15.7 Å². The molecule has 1 heterocycles. The normalized spacial score (nSPS) is 11.0. The van der Waals surface area contributed by atoms with Crippen molar-refractivity contribution in [3.8, 4) is 5.75 Å². The van der Waals surface area contributed by atoms with Crippen LogP contribution in [0.4, 0.5) is 4.39 Å². The lowest BCUT2D eigenvalue weighted by molar-refractivity contribution is 0.320. The number of halogens is 1. The fourth-order valence-electron chi connectivity index (χ4n) is 2.49. The van der Waals surface area contributed by atoms with Gasteiger partial charge in [-0.3, -0.25) is 4.57 Å². The maximum absolute atomic E-state index is 13.9. The van der Waals surface area contributed by atoms with Crippen molar-refractivity contribution >= 4 is 11.0 Å². The minimum Gasteiger partial charge on any atom is -0.490 e. The molecule has 0 amide bonds. The Morgan fingerprint density at radius 2 is 2.04 bits per heavy atom. The van der Waals surface area contributed by atoms with E-state index in [2.05, 4.69) is 10.3 Å². The fourth-order valence-corrected chi connectivity index (χ4v) is 2.49. The average Bonchev–Trinajstić information content (AvgIpc) is 2.85. The summed E-state index contributed by atoms with van der Waals surface area (Å²) >= 11 is 0. The Morgan fingerprint density at radius 3 is 2.78 bits per heavy atom. The van der Waals surface area contributed by atoms with Gasteiger partial charge in [-0.1, -0.05) is 30.3 Å². The average molecular weight is 315 g/mol. The van der Waals surface area contributed by atoms with Crippen LogP contribution in [-0.4, -0.2) is 29.8 Å². The first-order valence-corrected chi connectivity index (χ1v) is 7.42. The molecule has 0 atom stereocenters. The van der Waals surface area contributed by atoms with Gasteiger partial charge in [-0.2, -0.15) is 0 Å². The number of aromatic amines is 1. The van der Waals surface area contributed by atoms with E-state index >= 15 is 0 Å². The molecule has 0 radical (unpaired) electrons. The molecule has 0 unspecified atom stereocenters. The molecule has 0 saturated carbocycles. The molecule has 0 aliphatic heterocycles. The third kappa shape index (κ3) is 3.27. The molecular formula is C17H18FN3O2. The van der Waals surface area contributed by atoms with Gasteiger partial charge in [-0.25, -0.2) is 9.18 Å². The van der Waals surface area contributed by atoms with Crippen LogP contribution in [0.2, 0.25) is 0 Å². The molecule has 0 saturated heterocycles. The molecule has 2 aromatic carbocycles. The Morgan fingerprint density at radius 1 is 1.26 bits per heavy atom. The lowest BCUT2D eigenvalue weighted by atomic mass is 10.2. The summed E-state index contributed by atoms with van der Waals surface area (Å²) in [6.45, 7) is 1.40. The van der Waals surface area contributed by atoms with E-state index in [1.54, 1.807) is 0 Å². The summed E-state index contributed by atoms with van der Waals surface area (Å²) in [7, 11) is 1.81. The van der Waals surface area contributed by atoms with Crippen molar-refractivity contribution < 1.29 is 9.13 Å². The van der Waals surface area contributed by atoms with Crippen molar-refractivity contribution in [3.05, 3.63) is 64.3 Å². The van der Waals surface area contributed by atoms with Crippen molar-refractivity contribution in [2.24, 2.45) is 0 Å². The molecule has 0 aliphatic carbocycles. The zero-order chi connectivity index (χ0) is 16.2. The Hall–Kier alpha value is -2.60. The summed E-state index contributed by atoms with van der Waals surface area (Å²) < 4.78 is 21.0. The van der Waals surface area contributed by atoms with Gasteiger partial charge in [-0.05, 0) is 12.6 Å². The number of nitrogens with zero attached hydrogens (tertiary/aromatic N) is 1. The van der Waals surface area contributed by atoms with Crippen molar-refractivity contribution in [1.29, 1.82) is 0 Å². The maximum atomic E-state index is 13.9. The van der Waals surface area contributed by atoms with Crippen molar-refractivity contribution in [3.63, 3.8) is 0 Å². The molecule has 1 aromatic heterocycles. The molecule has 0 bridgehead atoms. The Labute approximate surface area is 132 Å². The number of aromatic nitrogens is 2. The molecule has 120 valence electrons. The zero-order valence-electron chi connectivity index (χ0n) is 12.8. The summed E-state index contributed by atoms with van der Waals surface area (Å²) in [5, 5.41) is 2.95. The SMILES string of the molecule is CNCCOc1cc(F)cc2c1[nH]c(=O)n2Cc1ccccc1. The van der Waals surface area contributed by atoms with E-state index in [1.165, 1.54) is 16.7 Å². The summed E-state index contributed by atoms with van der Waals surface area (Å²) in [5.74, 6) is -0.0862. The minimum atomic E-state index is -0.433.